The summed E-state index contributed by atoms with van der Waals surface area (Å²) in [5, 5.41) is 2.83. The number of nitrogens with zero attached hydrogens (tertiary/aromatic N) is 1. The van der Waals surface area contributed by atoms with Crippen molar-refractivity contribution in [2.75, 3.05) is 27.2 Å². The van der Waals surface area contributed by atoms with Gasteiger partial charge >= 0.3 is 0 Å². The summed E-state index contributed by atoms with van der Waals surface area (Å²) in [5.74, 6) is -0.133. The third-order valence-electron chi connectivity index (χ3n) is 2.67. The number of carbonyl (C=O) groups excluding carboxylic acids is 2. The molecular weight excluding hydrogens is 218 g/mol. The fourth-order valence-electron chi connectivity index (χ4n) is 1.71. The lowest BCUT2D eigenvalue weighted by Gasteiger charge is -2.10. The van der Waals surface area contributed by atoms with E-state index in [9.17, 15) is 9.59 Å². The van der Waals surface area contributed by atoms with Gasteiger partial charge in [0.25, 0.3) is 5.91 Å². The van der Waals surface area contributed by atoms with E-state index < -0.39 is 0 Å². The largest absolute Gasteiger partial charge is 0.356 e. The van der Waals surface area contributed by atoms with Gasteiger partial charge in [0.2, 0.25) is 0 Å². The van der Waals surface area contributed by atoms with E-state index in [4.69, 9.17) is 0 Å². The minimum atomic E-state index is -0.133. The SMILES string of the molecule is Cc1[nH]c(C=O)c(C)c1C(=O)NCCN(C)C. The molecule has 0 aliphatic carbocycles. The van der Waals surface area contributed by atoms with Gasteiger partial charge in [-0.15, -0.1) is 0 Å². The predicted octanol–water partition coefficient (Wildman–Crippen LogP) is 0.735. The molecule has 1 aromatic rings. The number of hydrogen-bond acceptors (Lipinski definition) is 3. The Morgan fingerprint density at radius 1 is 1.41 bits per heavy atom. The molecule has 0 fully saturated rings. The number of aryl methyl sites for hydroxylation is 1. The first-order chi connectivity index (χ1) is 7.97. The molecule has 5 nitrogen and oxygen atoms in total. The van der Waals surface area contributed by atoms with E-state index in [2.05, 4.69) is 10.3 Å². The van der Waals surface area contributed by atoms with Crippen LogP contribution in [-0.4, -0.2) is 49.3 Å². The molecular formula is C12H19N3O2. The van der Waals surface area contributed by atoms with Crippen LogP contribution < -0.4 is 5.32 Å². The summed E-state index contributed by atoms with van der Waals surface area (Å²) in [6, 6.07) is 0. The molecule has 0 bridgehead atoms. The first kappa shape index (κ1) is 13.4. The van der Waals surface area contributed by atoms with Gasteiger partial charge in [0, 0.05) is 18.8 Å². The van der Waals surface area contributed by atoms with Gasteiger partial charge < -0.3 is 15.2 Å². The number of aromatic amines is 1. The normalized spacial score (nSPS) is 10.6. The second-order valence-corrected chi connectivity index (χ2v) is 4.34. The molecule has 0 aromatic carbocycles. The van der Waals surface area contributed by atoms with Crippen molar-refractivity contribution in [3.05, 3.63) is 22.5 Å². The van der Waals surface area contributed by atoms with Crippen LogP contribution in [0.1, 0.15) is 32.1 Å². The second kappa shape index (κ2) is 5.63. The number of nitrogens with one attached hydrogen (secondary N) is 2. The molecule has 0 atom stereocenters. The minimum Gasteiger partial charge on any atom is -0.356 e. The van der Waals surface area contributed by atoms with Crippen LogP contribution in [0.3, 0.4) is 0 Å². The summed E-state index contributed by atoms with van der Waals surface area (Å²) in [4.78, 5) is 27.6. The molecule has 2 N–H and O–H groups in total. The fourth-order valence-corrected chi connectivity index (χ4v) is 1.71. The summed E-state index contributed by atoms with van der Waals surface area (Å²) < 4.78 is 0. The maximum Gasteiger partial charge on any atom is 0.253 e. The Morgan fingerprint density at radius 3 is 2.53 bits per heavy atom. The third-order valence-corrected chi connectivity index (χ3v) is 2.67. The highest BCUT2D eigenvalue weighted by Gasteiger charge is 2.17. The number of carbonyl (C=O) groups is 2. The molecule has 1 heterocycles. The number of H-pyrrole nitrogens is 1. The zero-order valence-corrected chi connectivity index (χ0v) is 10.8. The second-order valence-electron chi connectivity index (χ2n) is 4.34. The van der Waals surface area contributed by atoms with E-state index >= 15 is 0 Å². The van der Waals surface area contributed by atoms with E-state index in [1.807, 2.05) is 19.0 Å². The molecule has 1 amide bonds. The number of rotatable bonds is 5. The summed E-state index contributed by atoms with van der Waals surface area (Å²) in [6.45, 7) is 4.94. The summed E-state index contributed by atoms with van der Waals surface area (Å²) in [5.41, 5.74) is 2.48. The highest BCUT2D eigenvalue weighted by atomic mass is 16.1. The highest BCUT2D eigenvalue weighted by Crippen LogP contribution is 2.16. The molecule has 0 aliphatic heterocycles. The molecule has 1 rings (SSSR count). The van der Waals surface area contributed by atoms with Crippen molar-refractivity contribution in [1.29, 1.82) is 0 Å². The molecule has 0 unspecified atom stereocenters. The van der Waals surface area contributed by atoms with Crippen LogP contribution in [0.15, 0.2) is 0 Å². The minimum absolute atomic E-state index is 0.133. The number of aromatic nitrogens is 1. The lowest BCUT2D eigenvalue weighted by molar-refractivity contribution is 0.0950. The van der Waals surface area contributed by atoms with Gasteiger partial charge in [-0.2, -0.15) is 0 Å². The number of aldehydes is 1. The lowest BCUT2D eigenvalue weighted by Crippen LogP contribution is -2.31. The molecule has 0 spiro atoms. The van der Waals surface area contributed by atoms with Crippen molar-refractivity contribution in [3.63, 3.8) is 0 Å². The standard InChI is InChI=1S/C12H19N3O2/c1-8-10(7-16)14-9(2)11(8)12(17)13-5-6-15(3)4/h7,14H,5-6H2,1-4H3,(H,13,17). The van der Waals surface area contributed by atoms with E-state index in [0.29, 0.717) is 23.4 Å². The third kappa shape index (κ3) is 3.17. The number of amides is 1. The molecule has 5 heteroatoms. The quantitative estimate of drug-likeness (QED) is 0.742. The zero-order valence-electron chi connectivity index (χ0n) is 10.8. The Morgan fingerprint density at radius 2 is 2.06 bits per heavy atom. The van der Waals surface area contributed by atoms with Gasteiger partial charge in [0.15, 0.2) is 6.29 Å². The van der Waals surface area contributed by atoms with Crippen LogP contribution in [0.5, 0.6) is 0 Å². The molecule has 0 aliphatic rings. The van der Waals surface area contributed by atoms with Crippen molar-refractivity contribution in [1.82, 2.24) is 15.2 Å². The van der Waals surface area contributed by atoms with Crippen LogP contribution in [-0.2, 0) is 0 Å². The average Bonchev–Trinajstić information content (AvgIpc) is 2.53. The van der Waals surface area contributed by atoms with Crippen LogP contribution in [0.2, 0.25) is 0 Å². The lowest BCUT2D eigenvalue weighted by atomic mass is 10.1. The maximum absolute atomic E-state index is 11.9. The van der Waals surface area contributed by atoms with Crippen LogP contribution in [0.4, 0.5) is 0 Å². The highest BCUT2D eigenvalue weighted by molar-refractivity contribution is 5.99. The molecule has 0 saturated carbocycles. The summed E-state index contributed by atoms with van der Waals surface area (Å²) >= 11 is 0. The van der Waals surface area contributed by atoms with E-state index in [0.717, 1.165) is 18.5 Å². The molecule has 1 aromatic heterocycles. The Labute approximate surface area is 101 Å². The Kier molecular flexibility index (Phi) is 4.45. The maximum atomic E-state index is 11.9. The van der Waals surface area contributed by atoms with Gasteiger partial charge in [0.1, 0.15) is 0 Å². The van der Waals surface area contributed by atoms with Crippen molar-refractivity contribution in [2.24, 2.45) is 0 Å². The Balaban J connectivity index is 2.75. The zero-order chi connectivity index (χ0) is 13.0. The fraction of sp³-hybridized carbons (Fsp3) is 0.500. The average molecular weight is 237 g/mol. The molecule has 0 radical (unpaired) electrons. The van der Waals surface area contributed by atoms with Crippen LogP contribution >= 0.6 is 0 Å². The monoisotopic (exact) mass is 237 g/mol. The van der Waals surface area contributed by atoms with Crippen molar-refractivity contribution in [2.45, 2.75) is 13.8 Å². The van der Waals surface area contributed by atoms with Gasteiger partial charge in [0.05, 0.1) is 11.3 Å². The van der Waals surface area contributed by atoms with E-state index in [-0.39, 0.29) is 5.91 Å². The number of likely N-dealkylation sites (N-methyl/N-ethyl adjacent to an activating group) is 1. The van der Waals surface area contributed by atoms with Gasteiger partial charge in [-0.3, -0.25) is 9.59 Å². The Hall–Kier alpha value is -1.62. The van der Waals surface area contributed by atoms with Crippen LogP contribution in [0.25, 0.3) is 0 Å². The molecule has 17 heavy (non-hydrogen) atoms. The van der Waals surface area contributed by atoms with Gasteiger partial charge in [-0.25, -0.2) is 0 Å². The summed E-state index contributed by atoms with van der Waals surface area (Å²) in [6.07, 6.45) is 0.735. The van der Waals surface area contributed by atoms with Crippen LogP contribution in [0, 0.1) is 13.8 Å². The first-order valence-electron chi connectivity index (χ1n) is 5.54. The summed E-state index contributed by atoms with van der Waals surface area (Å²) in [7, 11) is 3.90. The predicted molar refractivity (Wildman–Crippen MR) is 66.5 cm³/mol. The topological polar surface area (TPSA) is 65.2 Å². The Bertz CT molecular complexity index is 422. The number of hydrogen-bond donors (Lipinski definition) is 2. The first-order valence-corrected chi connectivity index (χ1v) is 5.54. The van der Waals surface area contributed by atoms with Crippen molar-refractivity contribution >= 4 is 12.2 Å². The van der Waals surface area contributed by atoms with Gasteiger partial charge in [-0.05, 0) is 33.5 Å². The smallest absolute Gasteiger partial charge is 0.253 e. The van der Waals surface area contributed by atoms with E-state index in [1.165, 1.54) is 0 Å². The molecule has 94 valence electrons. The molecule has 0 saturated heterocycles. The van der Waals surface area contributed by atoms with Crippen molar-refractivity contribution < 1.29 is 9.59 Å². The van der Waals surface area contributed by atoms with E-state index in [1.54, 1.807) is 13.8 Å². The van der Waals surface area contributed by atoms with Crippen molar-refractivity contribution in [3.8, 4) is 0 Å². The van der Waals surface area contributed by atoms with Gasteiger partial charge in [-0.1, -0.05) is 0 Å².